The third-order valence-corrected chi connectivity index (χ3v) is 2.77. The Morgan fingerprint density at radius 3 is 2.21 bits per heavy atom. The average molecular weight is 192 g/mol. The zero-order valence-electron chi connectivity index (χ0n) is 8.12. The molecule has 1 aliphatic heterocycles. The Morgan fingerprint density at radius 1 is 1.07 bits per heavy atom. The molecule has 0 atom stereocenters. The van der Waals surface area contributed by atoms with Gasteiger partial charge in [0, 0.05) is 13.2 Å². The Morgan fingerprint density at radius 2 is 1.64 bits per heavy atom. The molecule has 1 aliphatic rings. The van der Waals surface area contributed by atoms with E-state index >= 15 is 0 Å². The van der Waals surface area contributed by atoms with Gasteiger partial charge in [0.2, 0.25) is 0 Å². The summed E-state index contributed by atoms with van der Waals surface area (Å²) < 4.78 is 5.34. The van der Waals surface area contributed by atoms with Crippen molar-refractivity contribution >= 4 is 0 Å². The van der Waals surface area contributed by atoms with Crippen LogP contribution in [0.5, 0.6) is 0 Å². The average Bonchev–Trinajstić information content (AvgIpc) is 2.20. The van der Waals surface area contributed by atoms with E-state index < -0.39 is 0 Å². The third-order valence-electron chi connectivity index (χ3n) is 2.77. The summed E-state index contributed by atoms with van der Waals surface area (Å²) in [5.74, 6) is 0.731. The van der Waals surface area contributed by atoms with Gasteiger partial charge in [0.05, 0.1) is 0 Å². The smallest absolute Gasteiger partial charge is 0.0471 e. The lowest BCUT2D eigenvalue weighted by atomic mass is 9.91. The standard InChI is InChI=1S/C12H16O.CH4/c1-10-2-4-11(5-3-10)12-6-8-13-9-7-12;/h2-5,12H,6-9H2,1H3;1H4. The second kappa shape index (κ2) is 5.16. The minimum absolute atomic E-state index is 0. The van der Waals surface area contributed by atoms with Gasteiger partial charge in [0.15, 0.2) is 0 Å². The van der Waals surface area contributed by atoms with Crippen molar-refractivity contribution in [1.82, 2.24) is 0 Å². The first-order valence-corrected chi connectivity index (χ1v) is 5.00. The molecular weight excluding hydrogens is 172 g/mol. The van der Waals surface area contributed by atoms with Crippen molar-refractivity contribution < 1.29 is 4.74 Å². The lowest BCUT2D eigenvalue weighted by Gasteiger charge is -2.22. The molecule has 0 N–H and O–H groups in total. The summed E-state index contributed by atoms with van der Waals surface area (Å²) in [7, 11) is 0. The Kier molecular flexibility index (Phi) is 4.15. The highest BCUT2D eigenvalue weighted by Gasteiger charge is 2.14. The molecule has 1 heteroatoms. The van der Waals surface area contributed by atoms with Crippen LogP contribution in [0.25, 0.3) is 0 Å². The summed E-state index contributed by atoms with van der Waals surface area (Å²) in [5.41, 5.74) is 2.82. The molecule has 0 bridgehead atoms. The van der Waals surface area contributed by atoms with Crippen molar-refractivity contribution in [3.05, 3.63) is 35.4 Å². The number of aryl methyl sites for hydroxylation is 1. The predicted octanol–water partition coefficient (Wildman–Crippen LogP) is 3.53. The van der Waals surface area contributed by atoms with Crippen molar-refractivity contribution in [3.8, 4) is 0 Å². The largest absolute Gasteiger partial charge is 0.381 e. The van der Waals surface area contributed by atoms with Gasteiger partial charge in [-0.05, 0) is 31.2 Å². The summed E-state index contributed by atoms with van der Waals surface area (Å²) >= 11 is 0. The highest BCUT2D eigenvalue weighted by molar-refractivity contribution is 5.24. The maximum Gasteiger partial charge on any atom is 0.0471 e. The van der Waals surface area contributed by atoms with E-state index in [-0.39, 0.29) is 7.43 Å². The predicted molar refractivity (Wildman–Crippen MR) is 60.7 cm³/mol. The highest BCUT2D eigenvalue weighted by Crippen LogP contribution is 2.26. The molecule has 14 heavy (non-hydrogen) atoms. The molecule has 0 spiro atoms. The van der Waals surface area contributed by atoms with Crippen LogP contribution in [-0.2, 0) is 4.74 Å². The van der Waals surface area contributed by atoms with Crippen LogP contribution in [0.2, 0.25) is 0 Å². The second-order valence-electron chi connectivity index (χ2n) is 3.80. The van der Waals surface area contributed by atoms with Crippen LogP contribution in [0, 0.1) is 6.92 Å². The van der Waals surface area contributed by atoms with Crippen LogP contribution >= 0.6 is 0 Å². The molecule has 0 radical (unpaired) electrons. The SMILES string of the molecule is C.Cc1ccc(C2CCOCC2)cc1. The number of benzene rings is 1. The molecule has 1 nitrogen and oxygen atoms in total. The molecule has 2 rings (SSSR count). The molecule has 1 aromatic carbocycles. The number of hydrogen-bond acceptors (Lipinski definition) is 1. The van der Waals surface area contributed by atoms with Crippen molar-refractivity contribution in [1.29, 1.82) is 0 Å². The lowest BCUT2D eigenvalue weighted by Crippen LogP contribution is -2.13. The lowest BCUT2D eigenvalue weighted by molar-refractivity contribution is 0.0853. The molecule has 0 aromatic heterocycles. The van der Waals surface area contributed by atoms with Gasteiger partial charge in [-0.3, -0.25) is 0 Å². The number of rotatable bonds is 1. The van der Waals surface area contributed by atoms with Gasteiger partial charge in [0.1, 0.15) is 0 Å². The van der Waals surface area contributed by atoms with Gasteiger partial charge in [-0.25, -0.2) is 0 Å². The molecule has 0 saturated carbocycles. The molecule has 1 saturated heterocycles. The quantitative estimate of drug-likeness (QED) is 0.661. The maximum atomic E-state index is 5.34. The van der Waals surface area contributed by atoms with Crippen LogP contribution in [-0.4, -0.2) is 13.2 Å². The Labute approximate surface area is 87.1 Å². The zero-order chi connectivity index (χ0) is 9.10. The Hall–Kier alpha value is -0.820. The van der Waals surface area contributed by atoms with E-state index in [1.54, 1.807) is 0 Å². The van der Waals surface area contributed by atoms with Crippen LogP contribution in [0.1, 0.15) is 37.3 Å². The highest BCUT2D eigenvalue weighted by atomic mass is 16.5. The van der Waals surface area contributed by atoms with Crippen LogP contribution < -0.4 is 0 Å². The molecule has 0 unspecified atom stereocenters. The molecule has 0 amide bonds. The van der Waals surface area contributed by atoms with Gasteiger partial charge < -0.3 is 4.74 Å². The van der Waals surface area contributed by atoms with E-state index in [2.05, 4.69) is 31.2 Å². The maximum absolute atomic E-state index is 5.34. The fraction of sp³-hybridized carbons (Fsp3) is 0.538. The van der Waals surface area contributed by atoms with Crippen LogP contribution in [0.4, 0.5) is 0 Å². The minimum atomic E-state index is 0. The third kappa shape index (κ3) is 2.58. The first-order valence-electron chi connectivity index (χ1n) is 5.00. The summed E-state index contributed by atoms with van der Waals surface area (Å²) in [5, 5.41) is 0. The van der Waals surface area contributed by atoms with Gasteiger partial charge in [-0.1, -0.05) is 37.3 Å². The normalized spacial score (nSPS) is 17.5. The van der Waals surface area contributed by atoms with Crippen molar-refractivity contribution in [2.75, 3.05) is 13.2 Å². The van der Waals surface area contributed by atoms with E-state index in [9.17, 15) is 0 Å². The monoisotopic (exact) mass is 192 g/mol. The van der Waals surface area contributed by atoms with Gasteiger partial charge >= 0.3 is 0 Å². The Balaban J connectivity index is 0.000000980. The van der Waals surface area contributed by atoms with Gasteiger partial charge in [0.25, 0.3) is 0 Å². The van der Waals surface area contributed by atoms with Gasteiger partial charge in [-0.15, -0.1) is 0 Å². The summed E-state index contributed by atoms with van der Waals surface area (Å²) in [6.07, 6.45) is 2.37. The summed E-state index contributed by atoms with van der Waals surface area (Å²) in [6.45, 7) is 3.99. The summed E-state index contributed by atoms with van der Waals surface area (Å²) in [6, 6.07) is 8.91. The minimum Gasteiger partial charge on any atom is -0.381 e. The fourth-order valence-corrected chi connectivity index (χ4v) is 1.87. The van der Waals surface area contributed by atoms with E-state index in [1.165, 1.54) is 24.0 Å². The first-order chi connectivity index (χ1) is 6.36. The molecule has 0 aliphatic carbocycles. The topological polar surface area (TPSA) is 9.23 Å². The van der Waals surface area contributed by atoms with E-state index in [0.29, 0.717) is 0 Å². The Bertz CT molecular complexity index is 257. The second-order valence-corrected chi connectivity index (χ2v) is 3.80. The van der Waals surface area contributed by atoms with Crippen LogP contribution in [0.3, 0.4) is 0 Å². The number of hydrogen-bond donors (Lipinski definition) is 0. The first kappa shape index (κ1) is 11.3. The van der Waals surface area contributed by atoms with Crippen molar-refractivity contribution in [2.24, 2.45) is 0 Å². The van der Waals surface area contributed by atoms with E-state index in [1.807, 2.05) is 0 Å². The van der Waals surface area contributed by atoms with Crippen molar-refractivity contribution in [3.63, 3.8) is 0 Å². The molecular formula is C13H20O. The molecule has 1 heterocycles. The van der Waals surface area contributed by atoms with Crippen molar-refractivity contribution in [2.45, 2.75) is 33.1 Å². The summed E-state index contributed by atoms with van der Waals surface area (Å²) in [4.78, 5) is 0. The van der Waals surface area contributed by atoms with E-state index in [0.717, 1.165) is 19.1 Å². The molecule has 1 fully saturated rings. The van der Waals surface area contributed by atoms with E-state index in [4.69, 9.17) is 4.74 Å². The van der Waals surface area contributed by atoms with Gasteiger partial charge in [-0.2, -0.15) is 0 Å². The number of ether oxygens (including phenoxy) is 1. The zero-order valence-corrected chi connectivity index (χ0v) is 8.12. The fourth-order valence-electron chi connectivity index (χ4n) is 1.87. The molecule has 78 valence electrons. The van der Waals surface area contributed by atoms with Crippen LogP contribution in [0.15, 0.2) is 24.3 Å². The molecule has 1 aromatic rings.